The molecule has 0 bridgehead atoms. The number of ether oxygens (including phenoxy) is 1. The highest BCUT2D eigenvalue weighted by molar-refractivity contribution is 5.91. The fraction of sp³-hybridized carbons (Fsp3) is 0.474. The van der Waals surface area contributed by atoms with E-state index in [4.69, 9.17) is 9.72 Å². The number of aromatic carboxylic acids is 1. The Hall–Kier alpha value is -2.34. The van der Waals surface area contributed by atoms with Crippen molar-refractivity contribution >= 4 is 5.97 Å². The number of carboxylic acids is 1. The molecule has 0 spiro atoms. The average molecular weight is 343 g/mol. The van der Waals surface area contributed by atoms with Crippen molar-refractivity contribution in [2.45, 2.75) is 45.2 Å². The van der Waals surface area contributed by atoms with Crippen LogP contribution in [0.15, 0.2) is 18.2 Å². The van der Waals surface area contributed by atoms with Crippen molar-refractivity contribution in [2.24, 2.45) is 7.05 Å². The van der Waals surface area contributed by atoms with E-state index >= 15 is 0 Å². The maximum Gasteiger partial charge on any atom is 0.339 e. The molecule has 2 N–H and O–H groups in total. The van der Waals surface area contributed by atoms with Gasteiger partial charge in [-0.05, 0) is 50.3 Å². The Labute approximate surface area is 147 Å². The summed E-state index contributed by atoms with van der Waals surface area (Å²) >= 11 is 0. The summed E-state index contributed by atoms with van der Waals surface area (Å²) in [4.78, 5) is 16.2. The summed E-state index contributed by atoms with van der Waals surface area (Å²) in [5.74, 6) is 0.425. The zero-order valence-electron chi connectivity index (χ0n) is 15.0. The molecule has 1 atom stereocenters. The van der Waals surface area contributed by atoms with Crippen LogP contribution in [0.1, 0.15) is 58.9 Å². The second kappa shape index (κ2) is 7.27. The van der Waals surface area contributed by atoms with E-state index in [0.717, 1.165) is 24.2 Å². The number of rotatable bonds is 6. The van der Waals surface area contributed by atoms with Crippen LogP contribution in [0, 0.1) is 0 Å². The lowest BCUT2D eigenvalue weighted by atomic mass is 10.0. The van der Waals surface area contributed by atoms with Crippen LogP contribution in [0.3, 0.4) is 0 Å². The molecule has 1 aliphatic rings. The Morgan fingerprint density at radius 3 is 2.84 bits per heavy atom. The molecule has 0 aliphatic heterocycles. The largest absolute Gasteiger partial charge is 0.496 e. The lowest BCUT2D eigenvalue weighted by molar-refractivity contribution is 0.0693. The van der Waals surface area contributed by atoms with Crippen LogP contribution in [-0.4, -0.2) is 27.7 Å². The fourth-order valence-electron chi connectivity index (χ4n) is 3.42. The molecule has 1 aromatic heterocycles. The summed E-state index contributed by atoms with van der Waals surface area (Å²) < 4.78 is 7.32. The minimum absolute atomic E-state index is 0.0118. The molecular formula is C19H25N3O3. The number of nitrogens with one attached hydrogen (secondary N) is 1. The summed E-state index contributed by atoms with van der Waals surface area (Å²) in [6.07, 6.45) is 4.63. The number of carboxylic acid groups (broad SMARTS) is 1. The number of hydrogen-bond donors (Lipinski definition) is 2. The van der Waals surface area contributed by atoms with E-state index < -0.39 is 5.97 Å². The van der Waals surface area contributed by atoms with E-state index in [2.05, 4.69) is 16.9 Å². The van der Waals surface area contributed by atoms with Crippen LogP contribution in [0.5, 0.6) is 5.75 Å². The molecule has 0 radical (unpaired) electrons. The zero-order chi connectivity index (χ0) is 18.0. The molecule has 1 aliphatic carbocycles. The Bertz CT molecular complexity index is 782. The molecule has 0 amide bonds. The average Bonchev–Trinajstić information content (AvgIpc) is 2.95. The maximum atomic E-state index is 11.4. The van der Waals surface area contributed by atoms with Gasteiger partial charge in [-0.3, -0.25) is 0 Å². The number of aromatic nitrogens is 2. The molecule has 2 aromatic rings. The molecule has 1 aromatic carbocycles. The summed E-state index contributed by atoms with van der Waals surface area (Å²) in [5, 5.41) is 12.8. The topological polar surface area (TPSA) is 76.4 Å². The van der Waals surface area contributed by atoms with Crippen LogP contribution >= 0.6 is 0 Å². The first kappa shape index (κ1) is 17.5. The van der Waals surface area contributed by atoms with Crippen molar-refractivity contribution in [3.05, 3.63) is 46.5 Å². The highest BCUT2D eigenvalue weighted by atomic mass is 16.5. The van der Waals surface area contributed by atoms with Gasteiger partial charge in [-0.25, -0.2) is 9.78 Å². The Balaban J connectivity index is 1.73. The third-order valence-electron chi connectivity index (χ3n) is 4.99. The van der Waals surface area contributed by atoms with Gasteiger partial charge in [0, 0.05) is 18.8 Å². The minimum Gasteiger partial charge on any atom is -0.496 e. The molecule has 3 rings (SSSR count). The van der Waals surface area contributed by atoms with Crippen LogP contribution in [-0.2, 0) is 26.4 Å². The zero-order valence-corrected chi connectivity index (χ0v) is 15.0. The molecule has 0 fully saturated rings. The lowest BCUT2D eigenvalue weighted by Crippen LogP contribution is -2.21. The molecule has 25 heavy (non-hydrogen) atoms. The van der Waals surface area contributed by atoms with Crippen molar-refractivity contribution in [1.82, 2.24) is 14.9 Å². The quantitative estimate of drug-likeness (QED) is 0.843. The second-order valence-corrected chi connectivity index (χ2v) is 6.56. The summed E-state index contributed by atoms with van der Waals surface area (Å²) in [5.41, 5.74) is 3.68. The van der Waals surface area contributed by atoms with Crippen LogP contribution in [0.25, 0.3) is 0 Å². The molecule has 1 heterocycles. The van der Waals surface area contributed by atoms with Crippen LogP contribution < -0.4 is 10.1 Å². The van der Waals surface area contributed by atoms with E-state index in [1.54, 1.807) is 12.1 Å². The molecule has 0 saturated carbocycles. The number of hydrogen-bond acceptors (Lipinski definition) is 4. The van der Waals surface area contributed by atoms with Crippen molar-refractivity contribution in [3.8, 4) is 5.75 Å². The Morgan fingerprint density at radius 2 is 2.16 bits per heavy atom. The third-order valence-corrected chi connectivity index (χ3v) is 4.99. The first-order chi connectivity index (χ1) is 12.0. The van der Waals surface area contributed by atoms with Gasteiger partial charge in [0.05, 0.1) is 19.3 Å². The number of fused-ring (bicyclic) bond motifs is 1. The number of aryl methyl sites for hydroxylation is 1. The van der Waals surface area contributed by atoms with Crippen molar-refractivity contribution in [3.63, 3.8) is 0 Å². The van der Waals surface area contributed by atoms with Crippen molar-refractivity contribution in [2.75, 3.05) is 7.11 Å². The predicted molar refractivity (Wildman–Crippen MR) is 95.1 cm³/mol. The van der Waals surface area contributed by atoms with Crippen molar-refractivity contribution < 1.29 is 14.6 Å². The number of benzene rings is 1. The van der Waals surface area contributed by atoms with Crippen LogP contribution in [0.2, 0.25) is 0 Å². The first-order valence-corrected chi connectivity index (χ1v) is 8.69. The van der Waals surface area contributed by atoms with Gasteiger partial charge in [-0.2, -0.15) is 0 Å². The highest BCUT2D eigenvalue weighted by Gasteiger charge is 2.19. The van der Waals surface area contributed by atoms with Gasteiger partial charge in [0.25, 0.3) is 0 Å². The number of carbonyl (C=O) groups is 1. The fourth-order valence-corrected chi connectivity index (χ4v) is 3.42. The number of nitrogens with zero attached hydrogens (tertiary/aromatic N) is 2. The standard InChI is InChI=1S/C19H25N3O3/c1-12(13-8-9-17(25-3)14(10-13)19(23)24)20-11-18-21-15-6-4-5-7-16(15)22(18)2/h8-10,12,20H,4-7,11H2,1-3H3,(H,23,24)/t12-/m0/s1. The Morgan fingerprint density at radius 1 is 1.40 bits per heavy atom. The predicted octanol–water partition coefficient (Wildman–Crippen LogP) is 2.86. The second-order valence-electron chi connectivity index (χ2n) is 6.56. The van der Waals surface area contributed by atoms with Gasteiger partial charge < -0.3 is 19.7 Å². The molecule has 6 nitrogen and oxygen atoms in total. The molecular weight excluding hydrogens is 318 g/mol. The van der Waals surface area contributed by atoms with Gasteiger partial charge in [-0.1, -0.05) is 6.07 Å². The smallest absolute Gasteiger partial charge is 0.339 e. The van der Waals surface area contributed by atoms with Gasteiger partial charge in [0.2, 0.25) is 0 Å². The Kier molecular flexibility index (Phi) is 5.08. The van der Waals surface area contributed by atoms with E-state index in [-0.39, 0.29) is 11.6 Å². The summed E-state index contributed by atoms with van der Waals surface area (Å²) in [7, 11) is 3.56. The van der Waals surface area contributed by atoms with E-state index in [9.17, 15) is 9.90 Å². The van der Waals surface area contributed by atoms with E-state index in [0.29, 0.717) is 12.3 Å². The molecule has 134 valence electrons. The van der Waals surface area contributed by atoms with Gasteiger partial charge in [-0.15, -0.1) is 0 Å². The highest BCUT2D eigenvalue weighted by Crippen LogP contribution is 2.24. The number of imidazole rings is 1. The van der Waals surface area contributed by atoms with E-state index in [1.807, 2.05) is 13.0 Å². The third kappa shape index (κ3) is 3.54. The maximum absolute atomic E-state index is 11.4. The minimum atomic E-state index is -0.984. The van der Waals surface area contributed by atoms with E-state index in [1.165, 1.54) is 31.3 Å². The lowest BCUT2D eigenvalue weighted by Gasteiger charge is -2.16. The van der Waals surface area contributed by atoms with Crippen molar-refractivity contribution in [1.29, 1.82) is 0 Å². The van der Waals surface area contributed by atoms with Crippen LogP contribution in [0.4, 0.5) is 0 Å². The summed E-state index contributed by atoms with van der Waals surface area (Å²) in [6.45, 7) is 2.68. The van der Waals surface area contributed by atoms with Gasteiger partial charge in [0.15, 0.2) is 0 Å². The summed E-state index contributed by atoms with van der Waals surface area (Å²) in [6, 6.07) is 5.28. The monoisotopic (exact) mass is 343 g/mol. The first-order valence-electron chi connectivity index (χ1n) is 8.69. The SMILES string of the molecule is COc1ccc([C@H](C)NCc2nc3c(n2C)CCCC3)cc1C(=O)O. The van der Waals surface area contributed by atoms with Gasteiger partial charge in [0.1, 0.15) is 17.1 Å². The molecule has 0 unspecified atom stereocenters. The normalized spacial score (nSPS) is 14.8. The van der Waals surface area contributed by atoms with Gasteiger partial charge >= 0.3 is 5.97 Å². The molecule has 6 heteroatoms. The molecule has 0 saturated heterocycles. The number of methoxy groups -OCH3 is 1.